The summed E-state index contributed by atoms with van der Waals surface area (Å²) in [6.07, 6.45) is 0. The Morgan fingerprint density at radius 3 is 2.58 bits per heavy atom. The topological polar surface area (TPSA) is 38.0 Å². The number of anilines is 1. The molecule has 0 heterocycles. The summed E-state index contributed by atoms with van der Waals surface area (Å²) in [7, 11) is 0. The molecule has 0 amide bonds. The zero-order valence-electron chi connectivity index (χ0n) is 11.3. The van der Waals surface area contributed by atoms with Crippen LogP contribution in [-0.2, 0) is 0 Å². The Hall–Kier alpha value is -1.51. The SMILES string of the molecule is Cc1cccc(NC(CN)c2ccc(Cl)cc2C)c1. The number of aryl methyl sites for hydroxylation is 2. The Labute approximate surface area is 119 Å². The van der Waals surface area contributed by atoms with Gasteiger partial charge in [0, 0.05) is 17.3 Å². The fourth-order valence-corrected chi connectivity index (χ4v) is 2.46. The van der Waals surface area contributed by atoms with Gasteiger partial charge in [-0.05, 0) is 54.8 Å². The van der Waals surface area contributed by atoms with Crippen LogP contribution in [0.1, 0.15) is 22.7 Å². The molecule has 100 valence electrons. The van der Waals surface area contributed by atoms with Crippen molar-refractivity contribution in [2.45, 2.75) is 19.9 Å². The second-order valence-electron chi connectivity index (χ2n) is 4.80. The number of nitrogens with one attached hydrogen (secondary N) is 1. The molecule has 19 heavy (non-hydrogen) atoms. The van der Waals surface area contributed by atoms with E-state index < -0.39 is 0 Å². The maximum Gasteiger partial charge on any atom is 0.0638 e. The highest BCUT2D eigenvalue weighted by molar-refractivity contribution is 6.30. The van der Waals surface area contributed by atoms with Gasteiger partial charge in [0.25, 0.3) is 0 Å². The number of rotatable bonds is 4. The molecule has 2 aromatic carbocycles. The number of halogens is 1. The highest BCUT2D eigenvalue weighted by Crippen LogP contribution is 2.24. The van der Waals surface area contributed by atoms with Crippen molar-refractivity contribution in [2.24, 2.45) is 5.73 Å². The molecule has 3 heteroatoms. The lowest BCUT2D eigenvalue weighted by atomic mass is 10.0. The van der Waals surface area contributed by atoms with E-state index in [4.69, 9.17) is 17.3 Å². The van der Waals surface area contributed by atoms with Gasteiger partial charge in [0.05, 0.1) is 6.04 Å². The minimum absolute atomic E-state index is 0.0964. The van der Waals surface area contributed by atoms with Crippen molar-refractivity contribution in [2.75, 3.05) is 11.9 Å². The van der Waals surface area contributed by atoms with Crippen LogP contribution in [0.25, 0.3) is 0 Å². The van der Waals surface area contributed by atoms with E-state index in [1.807, 2.05) is 24.3 Å². The molecule has 2 rings (SSSR count). The molecule has 0 aromatic heterocycles. The third-order valence-electron chi connectivity index (χ3n) is 3.20. The maximum atomic E-state index is 5.99. The third kappa shape index (κ3) is 3.49. The molecule has 1 atom stereocenters. The molecule has 0 aliphatic rings. The zero-order valence-corrected chi connectivity index (χ0v) is 12.0. The summed E-state index contributed by atoms with van der Waals surface area (Å²) in [6, 6.07) is 14.3. The van der Waals surface area contributed by atoms with E-state index in [9.17, 15) is 0 Å². The van der Waals surface area contributed by atoms with E-state index >= 15 is 0 Å². The average molecular weight is 275 g/mol. The zero-order chi connectivity index (χ0) is 13.8. The van der Waals surface area contributed by atoms with Gasteiger partial charge in [0.1, 0.15) is 0 Å². The molecular formula is C16H19ClN2. The lowest BCUT2D eigenvalue weighted by molar-refractivity contribution is 0.783. The minimum Gasteiger partial charge on any atom is -0.377 e. The van der Waals surface area contributed by atoms with Gasteiger partial charge >= 0.3 is 0 Å². The Kier molecular flexibility index (Phi) is 4.46. The highest BCUT2D eigenvalue weighted by atomic mass is 35.5. The van der Waals surface area contributed by atoms with Crippen LogP contribution >= 0.6 is 11.6 Å². The predicted octanol–water partition coefficient (Wildman–Crippen LogP) is 4.07. The normalized spacial score (nSPS) is 12.2. The van der Waals surface area contributed by atoms with Crippen LogP contribution in [0.5, 0.6) is 0 Å². The molecule has 2 nitrogen and oxygen atoms in total. The van der Waals surface area contributed by atoms with Crippen molar-refractivity contribution in [3.63, 3.8) is 0 Å². The van der Waals surface area contributed by atoms with Gasteiger partial charge in [-0.3, -0.25) is 0 Å². The number of nitrogens with two attached hydrogens (primary N) is 1. The molecular weight excluding hydrogens is 256 g/mol. The molecule has 0 saturated heterocycles. The summed E-state index contributed by atoms with van der Waals surface area (Å²) >= 11 is 5.99. The van der Waals surface area contributed by atoms with Crippen LogP contribution in [0.4, 0.5) is 5.69 Å². The standard InChI is InChI=1S/C16H19ClN2/c1-11-4-3-5-14(8-11)19-16(10-18)15-7-6-13(17)9-12(15)2/h3-9,16,19H,10,18H2,1-2H3. The first-order chi connectivity index (χ1) is 9.10. The quantitative estimate of drug-likeness (QED) is 0.882. The van der Waals surface area contributed by atoms with Gasteiger partial charge < -0.3 is 11.1 Å². The van der Waals surface area contributed by atoms with Crippen LogP contribution in [0.15, 0.2) is 42.5 Å². The van der Waals surface area contributed by atoms with Crippen molar-refractivity contribution in [3.05, 3.63) is 64.2 Å². The lowest BCUT2D eigenvalue weighted by Crippen LogP contribution is -2.21. The first-order valence-corrected chi connectivity index (χ1v) is 6.77. The second kappa shape index (κ2) is 6.09. The van der Waals surface area contributed by atoms with E-state index in [1.54, 1.807) is 0 Å². The Morgan fingerprint density at radius 2 is 1.95 bits per heavy atom. The lowest BCUT2D eigenvalue weighted by Gasteiger charge is -2.21. The fourth-order valence-electron chi connectivity index (χ4n) is 2.23. The average Bonchev–Trinajstić information content (AvgIpc) is 2.37. The van der Waals surface area contributed by atoms with Crippen LogP contribution in [-0.4, -0.2) is 6.54 Å². The molecule has 0 radical (unpaired) electrons. The molecule has 0 bridgehead atoms. The van der Waals surface area contributed by atoms with Crippen molar-refractivity contribution in [1.29, 1.82) is 0 Å². The van der Waals surface area contributed by atoms with Gasteiger partial charge in [-0.25, -0.2) is 0 Å². The first-order valence-electron chi connectivity index (χ1n) is 6.39. The Morgan fingerprint density at radius 1 is 1.16 bits per heavy atom. The van der Waals surface area contributed by atoms with Gasteiger partial charge in [-0.1, -0.05) is 29.8 Å². The molecule has 0 aliphatic heterocycles. The van der Waals surface area contributed by atoms with Crippen molar-refractivity contribution in [3.8, 4) is 0 Å². The summed E-state index contributed by atoms with van der Waals surface area (Å²) in [5.41, 5.74) is 10.6. The summed E-state index contributed by atoms with van der Waals surface area (Å²) in [5, 5.41) is 4.24. The third-order valence-corrected chi connectivity index (χ3v) is 3.44. The van der Waals surface area contributed by atoms with E-state index in [1.165, 1.54) is 11.1 Å². The molecule has 0 fully saturated rings. The molecule has 0 spiro atoms. The number of benzene rings is 2. The molecule has 2 aromatic rings. The van der Waals surface area contributed by atoms with Crippen molar-refractivity contribution >= 4 is 17.3 Å². The Bertz CT molecular complexity index is 566. The highest BCUT2D eigenvalue weighted by Gasteiger charge is 2.12. The minimum atomic E-state index is 0.0964. The van der Waals surface area contributed by atoms with Gasteiger partial charge in [-0.2, -0.15) is 0 Å². The molecule has 0 saturated carbocycles. The smallest absolute Gasteiger partial charge is 0.0638 e. The first kappa shape index (κ1) is 13.9. The maximum absolute atomic E-state index is 5.99. The molecule has 1 unspecified atom stereocenters. The fraction of sp³-hybridized carbons (Fsp3) is 0.250. The van der Waals surface area contributed by atoms with Crippen LogP contribution < -0.4 is 11.1 Å². The van der Waals surface area contributed by atoms with Crippen molar-refractivity contribution < 1.29 is 0 Å². The van der Waals surface area contributed by atoms with Crippen LogP contribution in [0.2, 0.25) is 5.02 Å². The van der Waals surface area contributed by atoms with E-state index in [0.717, 1.165) is 16.3 Å². The summed E-state index contributed by atoms with van der Waals surface area (Å²) in [6.45, 7) is 4.67. The van der Waals surface area contributed by atoms with Gasteiger partial charge in [-0.15, -0.1) is 0 Å². The van der Waals surface area contributed by atoms with E-state index in [2.05, 4.69) is 37.4 Å². The summed E-state index contributed by atoms with van der Waals surface area (Å²) in [5.74, 6) is 0. The molecule has 3 N–H and O–H groups in total. The largest absolute Gasteiger partial charge is 0.377 e. The van der Waals surface area contributed by atoms with Gasteiger partial charge in [0.15, 0.2) is 0 Å². The predicted molar refractivity (Wildman–Crippen MR) is 82.8 cm³/mol. The van der Waals surface area contributed by atoms with Gasteiger partial charge in [0.2, 0.25) is 0 Å². The molecule has 0 aliphatic carbocycles. The Balaban J connectivity index is 2.25. The van der Waals surface area contributed by atoms with E-state index in [-0.39, 0.29) is 6.04 Å². The van der Waals surface area contributed by atoms with Crippen molar-refractivity contribution in [1.82, 2.24) is 0 Å². The van der Waals surface area contributed by atoms with Crippen LogP contribution in [0, 0.1) is 13.8 Å². The summed E-state index contributed by atoms with van der Waals surface area (Å²) < 4.78 is 0. The van der Waals surface area contributed by atoms with Crippen LogP contribution in [0.3, 0.4) is 0 Å². The number of hydrogen-bond donors (Lipinski definition) is 2. The summed E-state index contributed by atoms with van der Waals surface area (Å²) in [4.78, 5) is 0. The second-order valence-corrected chi connectivity index (χ2v) is 5.24. The monoisotopic (exact) mass is 274 g/mol. The number of hydrogen-bond acceptors (Lipinski definition) is 2. The van der Waals surface area contributed by atoms with E-state index in [0.29, 0.717) is 6.54 Å².